The fraction of sp³-hybridized carbons (Fsp3) is 0.520. The van der Waals surface area contributed by atoms with Crippen LogP contribution in [0, 0.1) is 5.92 Å². The number of rotatable bonds is 6. The van der Waals surface area contributed by atoms with Crippen molar-refractivity contribution in [1.29, 1.82) is 0 Å². The number of hydrogen-bond acceptors (Lipinski definition) is 6. The van der Waals surface area contributed by atoms with Crippen LogP contribution in [0.3, 0.4) is 0 Å². The molecule has 2 heterocycles. The molecule has 1 unspecified atom stereocenters. The van der Waals surface area contributed by atoms with E-state index in [-0.39, 0.29) is 17.4 Å². The van der Waals surface area contributed by atoms with Crippen LogP contribution < -0.4 is 5.32 Å². The fourth-order valence-electron chi connectivity index (χ4n) is 4.64. The Kier molecular flexibility index (Phi) is 7.74. The van der Waals surface area contributed by atoms with Crippen molar-refractivity contribution in [3.8, 4) is 0 Å². The van der Waals surface area contributed by atoms with Crippen LogP contribution in [0.5, 0.6) is 0 Å². The minimum absolute atomic E-state index is 0.193. The van der Waals surface area contributed by atoms with Gasteiger partial charge < -0.3 is 10.1 Å². The summed E-state index contributed by atoms with van der Waals surface area (Å²) in [6, 6.07) is 6.03. The quantitative estimate of drug-likeness (QED) is 0.567. The number of amides is 1. The minimum Gasteiger partial charge on any atom is -0.462 e. The number of esters is 1. The van der Waals surface area contributed by atoms with E-state index in [0.717, 1.165) is 55.4 Å². The van der Waals surface area contributed by atoms with Crippen LogP contribution in [0.2, 0.25) is 0 Å². The van der Waals surface area contributed by atoms with E-state index >= 15 is 0 Å². The lowest BCUT2D eigenvalue weighted by atomic mass is 9.88. The molecule has 1 aliphatic heterocycles. The highest BCUT2D eigenvalue weighted by Crippen LogP contribution is 2.40. The molecule has 1 aromatic heterocycles. The van der Waals surface area contributed by atoms with Gasteiger partial charge in [0.05, 0.1) is 17.1 Å². The molecule has 1 aliphatic carbocycles. The summed E-state index contributed by atoms with van der Waals surface area (Å²) in [7, 11) is -3.58. The molecule has 184 valence electrons. The summed E-state index contributed by atoms with van der Waals surface area (Å²) in [5.41, 5.74) is 1.78. The van der Waals surface area contributed by atoms with E-state index in [1.807, 2.05) is 0 Å². The summed E-state index contributed by atoms with van der Waals surface area (Å²) < 4.78 is 32.8. The summed E-state index contributed by atoms with van der Waals surface area (Å²) in [6.07, 6.45) is 6.49. The second-order valence-corrected chi connectivity index (χ2v) is 12.1. The van der Waals surface area contributed by atoms with Crippen LogP contribution in [-0.2, 0) is 27.6 Å². The molecule has 4 rings (SSSR count). The maximum Gasteiger partial charge on any atom is 0.341 e. The highest BCUT2D eigenvalue weighted by molar-refractivity contribution is 7.89. The van der Waals surface area contributed by atoms with Gasteiger partial charge in [0, 0.05) is 23.5 Å². The Balaban J connectivity index is 1.55. The number of nitrogens with zero attached hydrogens (tertiary/aromatic N) is 1. The predicted octanol–water partition coefficient (Wildman–Crippen LogP) is 4.87. The van der Waals surface area contributed by atoms with Crippen molar-refractivity contribution in [3.63, 3.8) is 0 Å². The first-order valence-electron chi connectivity index (χ1n) is 12.0. The summed E-state index contributed by atoms with van der Waals surface area (Å²) in [5, 5.41) is 3.39. The largest absolute Gasteiger partial charge is 0.462 e. The van der Waals surface area contributed by atoms with Crippen LogP contribution >= 0.6 is 11.3 Å². The molecule has 1 atom stereocenters. The number of hydrogen-bond donors (Lipinski definition) is 1. The molecule has 34 heavy (non-hydrogen) atoms. The monoisotopic (exact) mass is 504 g/mol. The van der Waals surface area contributed by atoms with Crippen molar-refractivity contribution < 1.29 is 22.7 Å². The molecule has 2 aromatic rings. The molecule has 1 amide bonds. The molecule has 7 nitrogen and oxygen atoms in total. The molecule has 1 saturated heterocycles. The summed E-state index contributed by atoms with van der Waals surface area (Å²) in [4.78, 5) is 27.0. The van der Waals surface area contributed by atoms with Gasteiger partial charge in [0.25, 0.3) is 5.91 Å². The molecule has 0 spiro atoms. The molecule has 2 aliphatic rings. The lowest BCUT2D eigenvalue weighted by molar-refractivity contribution is 0.0526. The highest BCUT2D eigenvalue weighted by Gasteiger charge is 2.30. The average Bonchev–Trinajstić information content (AvgIpc) is 2.97. The van der Waals surface area contributed by atoms with E-state index in [1.54, 1.807) is 6.92 Å². The first-order valence-corrected chi connectivity index (χ1v) is 14.3. The number of anilines is 1. The normalized spacial score (nSPS) is 19.2. The van der Waals surface area contributed by atoms with Crippen molar-refractivity contribution >= 4 is 38.2 Å². The van der Waals surface area contributed by atoms with Crippen LogP contribution in [0.1, 0.15) is 77.1 Å². The van der Waals surface area contributed by atoms with Crippen molar-refractivity contribution in [1.82, 2.24) is 4.31 Å². The van der Waals surface area contributed by atoms with Gasteiger partial charge in [-0.15, -0.1) is 11.3 Å². The molecule has 0 bridgehead atoms. The molecule has 0 saturated carbocycles. The van der Waals surface area contributed by atoms with Crippen LogP contribution in [0.4, 0.5) is 5.00 Å². The van der Waals surface area contributed by atoms with Crippen molar-refractivity contribution in [2.45, 2.75) is 63.7 Å². The van der Waals surface area contributed by atoms with Crippen molar-refractivity contribution in [2.75, 3.05) is 25.0 Å². The first-order chi connectivity index (χ1) is 16.3. The third-order valence-electron chi connectivity index (χ3n) is 6.54. The van der Waals surface area contributed by atoms with E-state index < -0.39 is 16.0 Å². The summed E-state index contributed by atoms with van der Waals surface area (Å²) in [6.45, 7) is 5.27. The molecular weight excluding hydrogens is 472 g/mol. The second kappa shape index (κ2) is 10.6. The molecular formula is C25H32N2O5S2. The minimum atomic E-state index is -3.58. The third kappa shape index (κ3) is 5.21. The highest BCUT2D eigenvalue weighted by atomic mass is 32.2. The van der Waals surface area contributed by atoms with E-state index in [4.69, 9.17) is 4.74 Å². The Hall–Kier alpha value is -2.23. The van der Waals surface area contributed by atoms with Gasteiger partial charge in [-0.1, -0.05) is 19.8 Å². The van der Waals surface area contributed by atoms with Gasteiger partial charge in [0.1, 0.15) is 5.00 Å². The number of thiophene rings is 1. The van der Waals surface area contributed by atoms with Crippen molar-refractivity contribution in [2.24, 2.45) is 5.92 Å². The van der Waals surface area contributed by atoms with Gasteiger partial charge >= 0.3 is 5.97 Å². The van der Waals surface area contributed by atoms with Gasteiger partial charge in [-0.3, -0.25) is 4.79 Å². The predicted molar refractivity (Wildman–Crippen MR) is 133 cm³/mol. The van der Waals surface area contributed by atoms with Gasteiger partial charge in [-0.2, -0.15) is 4.31 Å². The Bertz CT molecular complexity index is 1150. The van der Waals surface area contributed by atoms with Crippen LogP contribution in [0.25, 0.3) is 0 Å². The number of nitrogens with one attached hydrogen (secondary N) is 1. The SMILES string of the molecule is CCOC(=O)c1c(NC(=O)c2ccc(S(=O)(=O)N3CCCCCC3)cc2)sc2c1CCC(C)C2. The van der Waals surface area contributed by atoms with Crippen molar-refractivity contribution in [3.05, 3.63) is 45.8 Å². The van der Waals surface area contributed by atoms with E-state index in [1.165, 1.54) is 39.9 Å². The Labute approximate surface area is 205 Å². The van der Waals surface area contributed by atoms with Gasteiger partial charge in [0.15, 0.2) is 0 Å². The number of sulfonamides is 1. The smallest absolute Gasteiger partial charge is 0.341 e. The number of ether oxygens (including phenoxy) is 1. The van der Waals surface area contributed by atoms with E-state index in [2.05, 4.69) is 12.2 Å². The first kappa shape index (κ1) is 24.9. The standard InChI is InChI=1S/C25H32N2O5S2/c1-3-32-25(29)22-20-13-8-17(2)16-21(20)33-24(22)26-23(28)18-9-11-19(12-10-18)34(30,31)27-14-6-4-5-7-15-27/h9-12,17H,3-8,13-16H2,1-2H3,(H,26,28). The summed E-state index contributed by atoms with van der Waals surface area (Å²) >= 11 is 1.44. The zero-order valence-corrected chi connectivity index (χ0v) is 21.4. The average molecular weight is 505 g/mol. The lowest BCUT2D eigenvalue weighted by Gasteiger charge is -2.20. The molecule has 1 N–H and O–H groups in total. The molecule has 9 heteroatoms. The van der Waals surface area contributed by atoms with Gasteiger partial charge in [0.2, 0.25) is 10.0 Å². The topological polar surface area (TPSA) is 92.8 Å². The third-order valence-corrected chi connectivity index (χ3v) is 9.62. The second-order valence-electron chi connectivity index (χ2n) is 9.07. The van der Waals surface area contributed by atoms with E-state index in [0.29, 0.717) is 35.1 Å². The van der Waals surface area contributed by atoms with Gasteiger partial charge in [-0.05, 0) is 74.8 Å². The Morgan fingerprint density at radius 1 is 1.12 bits per heavy atom. The zero-order valence-electron chi connectivity index (χ0n) is 19.8. The van der Waals surface area contributed by atoms with E-state index in [9.17, 15) is 18.0 Å². The van der Waals surface area contributed by atoms with Crippen LogP contribution in [0.15, 0.2) is 29.2 Å². The van der Waals surface area contributed by atoms with Gasteiger partial charge in [-0.25, -0.2) is 13.2 Å². The number of carbonyl (C=O) groups is 2. The number of carbonyl (C=O) groups excluding carboxylic acids is 2. The number of fused-ring (bicyclic) bond motifs is 1. The molecule has 1 fully saturated rings. The maximum atomic E-state index is 13.0. The Morgan fingerprint density at radius 2 is 1.79 bits per heavy atom. The maximum absolute atomic E-state index is 13.0. The fourth-order valence-corrected chi connectivity index (χ4v) is 7.55. The number of benzene rings is 1. The lowest BCUT2D eigenvalue weighted by Crippen LogP contribution is -2.31. The molecule has 1 aromatic carbocycles. The summed E-state index contributed by atoms with van der Waals surface area (Å²) in [5.74, 6) is -0.261. The Morgan fingerprint density at radius 3 is 2.44 bits per heavy atom. The zero-order chi connectivity index (χ0) is 24.3. The van der Waals surface area contributed by atoms with Crippen LogP contribution in [-0.4, -0.2) is 44.3 Å². The molecule has 0 radical (unpaired) electrons.